The van der Waals surface area contributed by atoms with Crippen molar-refractivity contribution in [2.24, 2.45) is 5.92 Å². The summed E-state index contributed by atoms with van der Waals surface area (Å²) >= 11 is 12.4. The van der Waals surface area contributed by atoms with Gasteiger partial charge < -0.3 is 9.64 Å². The highest BCUT2D eigenvalue weighted by Gasteiger charge is 2.40. The van der Waals surface area contributed by atoms with E-state index >= 15 is 0 Å². The number of nitrogens with zero attached hydrogens (tertiary/aromatic N) is 2. The van der Waals surface area contributed by atoms with Crippen LogP contribution in [0.4, 0.5) is 13.2 Å². The normalized spacial score (nSPS) is 18.5. The first-order valence-corrected chi connectivity index (χ1v) is 11.9. The molecule has 1 amide bonds. The molecule has 0 N–H and O–H groups in total. The lowest BCUT2D eigenvalue weighted by molar-refractivity contribution is -0.137. The Hall–Kier alpha value is -3.21. The van der Waals surface area contributed by atoms with Crippen molar-refractivity contribution >= 4 is 29.1 Å². The summed E-state index contributed by atoms with van der Waals surface area (Å²) in [5.74, 6) is -0.201. The van der Waals surface area contributed by atoms with Gasteiger partial charge >= 0.3 is 6.18 Å². The predicted octanol–water partition coefficient (Wildman–Crippen LogP) is 7.21. The maximum Gasteiger partial charge on any atom is 0.416 e. The molecule has 0 aliphatic carbocycles. The van der Waals surface area contributed by atoms with Crippen LogP contribution in [0, 0.1) is 17.2 Å². The number of rotatable bonds is 5. The first-order valence-electron chi connectivity index (χ1n) is 11.1. The lowest BCUT2D eigenvalue weighted by atomic mass is 9.85. The summed E-state index contributed by atoms with van der Waals surface area (Å²) < 4.78 is 44.8. The van der Waals surface area contributed by atoms with Crippen LogP contribution in [0.2, 0.25) is 10.0 Å². The van der Waals surface area contributed by atoms with Crippen molar-refractivity contribution in [1.29, 1.82) is 5.26 Å². The number of halogens is 5. The number of benzene rings is 3. The average molecular weight is 533 g/mol. The summed E-state index contributed by atoms with van der Waals surface area (Å²) in [6.45, 7) is 2.59. The van der Waals surface area contributed by atoms with Crippen LogP contribution in [0.5, 0.6) is 5.75 Å². The highest BCUT2D eigenvalue weighted by molar-refractivity contribution is 6.42. The summed E-state index contributed by atoms with van der Waals surface area (Å²) in [6, 6.07) is 18.3. The van der Waals surface area contributed by atoms with Gasteiger partial charge in [0.25, 0.3) is 5.91 Å². The first-order chi connectivity index (χ1) is 17.1. The molecule has 1 fully saturated rings. The van der Waals surface area contributed by atoms with Crippen LogP contribution >= 0.6 is 23.2 Å². The molecule has 1 aliphatic heterocycles. The van der Waals surface area contributed by atoms with E-state index in [1.54, 1.807) is 41.3 Å². The third-order valence-electron chi connectivity index (χ3n) is 6.39. The predicted molar refractivity (Wildman–Crippen MR) is 131 cm³/mol. The van der Waals surface area contributed by atoms with Crippen LogP contribution in [-0.2, 0) is 6.18 Å². The molecule has 9 heteroatoms. The smallest absolute Gasteiger partial charge is 0.416 e. The minimum Gasteiger partial charge on any atom is -0.490 e. The molecular weight excluding hydrogens is 512 g/mol. The molecule has 4 rings (SSSR count). The lowest BCUT2D eigenvalue weighted by Crippen LogP contribution is -2.32. The van der Waals surface area contributed by atoms with Crippen molar-refractivity contribution in [1.82, 2.24) is 4.90 Å². The zero-order valence-corrected chi connectivity index (χ0v) is 20.6. The van der Waals surface area contributed by atoms with Crippen molar-refractivity contribution in [3.05, 3.63) is 99.0 Å². The van der Waals surface area contributed by atoms with Gasteiger partial charge in [0, 0.05) is 30.5 Å². The number of amides is 1. The second kappa shape index (κ2) is 10.4. The number of hydrogen-bond acceptors (Lipinski definition) is 3. The van der Waals surface area contributed by atoms with E-state index in [0.29, 0.717) is 40.0 Å². The number of ether oxygens (including phenoxy) is 1. The summed E-state index contributed by atoms with van der Waals surface area (Å²) in [5, 5.41) is 9.82. The van der Waals surface area contributed by atoms with Crippen molar-refractivity contribution in [3.63, 3.8) is 0 Å². The molecule has 0 saturated carbocycles. The highest BCUT2D eigenvalue weighted by atomic mass is 35.5. The fraction of sp³-hybridized carbons (Fsp3) is 0.259. The van der Waals surface area contributed by atoms with E-state index < -0.39 is 17.8 Å². The van der Waals surface area contributed by atoms with Gasteiger partial charge in [-0.25, -0.2) is 0 Å². The van der Waals surface area contributed by atoms with Gasteiger partial charge in [-0.05, 0) is 73.2 Å². The topological polar surface area (TPSA) is 53.3 Å². The standard InChI is InChI=1S/C27H21Cl2F3N2O2/c1-16(36-21-9-7-20(8-10-21)27(30,31)32)22-14-34(26(35)18-4-2-17(13-33)3-5-18)15-23(22)19-6-11-24(28)25(29)12-19/h2-12,16,22-23H,14-15H2,1H3. The third-order valence-corrected chi connectivity index (χ3v) is 7.13. The molecule has 3 atom stereocenters. The fourth-order valence-electron chi connectivity index (χ4n) is 4.46. The lowest BCUT2D eigenvalue weighted by Gasteiger charge is -2.26. The molecule has 3 aromatic rings. The van der Waals surface area contributed by atoms with Crippen molar-refractivity contribution in [2.75, 3.05) is 13.1 Å². The maximum atomic E-state index is 13.3. The van der Waals surface area contributed by atoms with Crippen molar-refractivity contribution in [3.8, 4) is 11.8 Å². The Morgan fingerprint density at radius 2 is 1.69 bits per heavy atom. The Balaban J connectivity index is 1.59. The Morgan fingerprint density at radius 1 is 1.03 bits per heavy atom. The molecule has 0 bridgehead atoms. The van der Waals surface area contributed by atoms with Crippen molar-refractivity contribution < 1.29 is 22.7 Å². The Kier molecular flexibility index (Phi) is 7.49. The molecule has 3 unspecified atom stereocenters. The SMILES string of the molecule is CC(Oc1ccc(C(F)(F)F)cc1)C1CN(C(=O)c2ccc(C#N)cc2)CC1c1ccc(Cl)c(Cl)c1. The minimum atomic E-state index is -4.43. The van der Waals surface area contributed by atoms with Crippen LogP contribution < -0.4 is 4.74 Å². The molecule has 1 heterocycles. The van der Waals surface area contributed by atoms with E-state index in [1.165, 1.54) is 12.1 Å². The molecule has 1 aliphatic rings. The van der Waals surface area contributed by atoms with Crippen LogP contribution in [0.3, 0.4) is 0 Å². The van der Waals surface area contributed by atoms with E-state index in [2.05, 4.69) is 0 Å². The van der Waals surface area contributed by atoms with E-state index in [4.69, 9.17) is 33.2 Å². The number of carbonyl (C=O) groups is 1. The molecular formula is C27H21Cl2F3N2O2. The molecule has 0 aromatic heterocycles. The zero-order chi connectivity index (χ0) is 26.0. The van der Waals surface area contributed by atoms with Gasteiger partial charge in [-0.15, -0.1) is 0 Å². The summed E-state index contributed by atoms with van der Waals surface area (Å²) in [6.07, 6.45) is -4.86. The average Bonchev–Trinajstić information content (AvgIpc) is 3.31. The van der Waals surface area contributed by atoms with Gasteiger partial charge in [-0.1, -0.05) is 29.3 Å². The maximum absolute atomic E-state index is 13.3. The summed E-state index contributed by atoms with van der Waals surface area (Å²) in [4.78, 5) is 15.0. The molecule has 3 aromatic carbocycles. The zero-order valence-electron chi connectivity index (χ0n) is 19.1. The number of alkyl halides is 3. The van der Waals surface area contributed by atoms with Crippen LogP contribution in [0.25, 0.3) is 0 Å². The van der Waals surface area contributed by atoms with Crippen LogP contribution in [-0.4, -0.2) is 30.0 Å². The van der Waals surface area contributed by atoms with E-state index in [0.717, 1.165) is 17.7 Å². The molecule has 0 radical (unpaired) electrons. The molecule has 0 spiro atoms. The van der Waals surface area contributed by atoms with Crippen molar-refractivity contribution in [2.45, 2.75) is 25.1 Å². The molecule has 4 nitrogen and oxygen atoms in total. The molecule has 36 heavy (non-hydrogen) atoms. The molecule has 186 valence electrons. The van der Waals surface area contributed by atoms with E-state index in [9.17, 15) is 18.0 Å². The van der Waals surface area contributed by atoms with Gasteiger partial charge in [-0.3, -0.25) is 4.79 Å². The van der Waals surface area contributed by atoms with Crippen LogP contribution in [0.1, 0.15) is 39.9 Å². The molecule has 1 saturated heterocycles. The monoisotopic (exact) mass is 532 g/mol. The highest BCUT2D eigenvalue weighted by Crippen LogP contribution is 2.39. The summed E-state index contributed by atoms with van der Waals surface area (Å²) in [7, 11) is 0. The minimum absolute atomic E-state index is 0.147. The second-order valence-electron chi connectivity index (χ2n) is 8.69. The quantitative estimate of drug-likeness (QED) is 0.349. The van der Waals surface area contributed by atoms with E-state index in [-0.39, 0.29) is 17.7 Å². The fourth-order valence-corrected chi connectivity index (χ4v) is 4.77. The second-order valence-corrected chi connectivity index (χ2v) is 9.50. The van der Waals surface area contributed by atoms with E-state index in [1.807, 2.05) is 19.1 Å². The Labute approximate surface area is 216 Å². The van der Waals surface area contributed by atoms with Gasteiger partial charge in [0.1, 0.15) is 11.9 Å². The van der Waals surface area contributed by atoms with Crippen LogP contribution in [0.15, 0.2) is 66.7 Å². The Bertz CT molecular complexity index is 1290. The summed E-state index contributed by atoms with van der Waals surface area (Å²) in [5.41, 5.74) is 1.04. The third kappa shape index (κ3) is 5.61. The first kappa shape index (κ1) is 25.9. The Morgan fingerprint density at radius 3 is 2.28 bits per heavy atom. The number of nitriles is 1. The number of hydrogen-bond donors (Lipinski definition) is 0. The van der Waals surface area contributed by atoms with Gasteiger partial charge in [-0.2, -0.15) is 18.4 Å². The number of likely N-dealkylation sites (tertiary alicyclic amines) is 1. The van der Waals surface area contributed by atoms with Gasteiger partial charge in [0.05, 0.1) is 27.2 Å². The van der Waals surface area contributed by atoms with Gasteiger partial charge in [0.15, 0.2) is 0 Å². The number of carbonyl (C=O) groups excluding carboxylic acids is 1. The largest absolute Gasteiger partial charge is 0.490 e. The van der Waals surface area contributed by atoms with Gasteiger partial charge in [0.2, 0.25) is 0 Å².